The van der Waals surface area contributed by atoms with Gasteiger partial charge in [-0.1, -0.05) is 11.6 Å². The average molecular weight is 451 g/mol. The van der Waals surface area contributed by atoms with Crippen molar-refractivity contribution in [3.8, 4) is 22.8 Å². The molecule has 0 fully saturated rings. The number of hydrogen-bond donors (Lipinski definition) is 1. The van der Waals surface area contributed by atoms with Crippen molar-refractivity contribution in [3.63, 3.8) is 0 Å². The highest BCUT2D eigenvalue weighted by Crippen LogP contribution is 2.33. The molecule has 1 N–H and O–H groups in total. The van der Waals surface area contributed by atoms with Crippen LogP contribution in [0.1, 0.15) is 5.56 Å². The molecule has 0 atom stereocenters. The number of hydrogen-bond acceptors (Lipinski definition) is 5. The van der Waals surface area contributed by atoms with Crippen molar-refractivity contribution in [3.05, 3.63) is 57.6 Å². The van der Waals surface area contributed by atoms with Gasteiger partial charge in [0.15, 0.2) is 11.7 Å². The number of aryl methyl sites for hydroxylation is 1. The number of anilines is 1. The molecule has 0 saturated heterocycles. The molecule has 2 aromatic carbocycles. The van der Waals surface area contributed by atoms with E-state index in [2.05, 4.69) is 26.2 Å². The molecule has 0 aliphatic heterocycles. The fraction of sp³-hybridized carbons (Fsp3) is 0.158. The van der Waals surface area contributed by atoms with Crippen LogP contribution in [0.25, 0.3) is 11.3 Å². The first-order chi connectivity index (χ1) is 13.0. The van der Waals surface area contributed by atoms with Crippen LogP contribution in [0.15, 0.2) is 46.3 Å². The Balaban J connectivity index is 1.65. The number of methoxy groups -OCH3 is 1. The zero-order valence-electron chi connectivity index (χ0n) is 14.6. The Morgan fingerprint density at radius 2 is 2.04 bits per heavy atom. The van der Waals surface area contributed by atoms with Crippen molar-refractivity contribution in [1.82, 2.24) is 4.98 Å². The largest absolute Gasteiger partial charge is 0.496 e. The maximum Gasteiger partial charge on any atom is 0.264 e. The second-order valence-corrected chi connectivity index (χ2v) is 7.37. The van der Waals surface area contributed by atoms with Gasteiger partial charge in [-0.3, -0.25) is 10.1 Å². The molecule has 1 aromatic heterocycles. The normalized spacial score (nSPS) is 10.5. The SMILES string of the molecule is COc1ccc(C)cc1-c1csc(NC(=O)COc2ccc(F)cc2Br)n1. The number of amides is 1. The fourth-order valence-electron chi connectivity index (χ4n) is 2.37. The van der Waals surface area contributed by atoms with E-state index in [9.17, 15) is 9.18 Å². The van der Waals surface area contributed by atoms with Gasteiger partial charge in [0.2, 0.25) is 0 Å². The van der Waals surface area contributed by atoms with Crippen LogP contribution in [0.2, 0.25) is 0 Å². The van der Waals surface area contributed by atoms with Crippen molar-refractivity contribution in [2.24, 2.45) is 0 Å². The van der Waals surface area contributed by atoms with Gasteiger partial charge in [0.25, 0.3) is 5.91 Å². The quantitative estimate of drug-likeness (QED) is 0.570. The van der Waals surface area contributed by atoms with Crippen LogP contribution in [0.4, 0.5) is 9.52 Å². The van der Waals surface area contributed by atoms with Gasteiger partial charge < -0.3 is 9.47 Å². The zero-order valence-corrected chi connectivity index (χ0v) is 17.0. The lowest BCUT2D eigenvalue weighted by atomic mass is 10.1. The van der Waals surface area contributed by atoms with E-state index in [4.69, 9.17) is 9.47 Å². The lowest BCUT2D eigenvalue weighted by Crippen LogP contribution is -2.20. The maximum atomic E-state index is 13.1. The number of nitrogens with zero attached hydrogens (tertiary/aromatic N) is 1. The monoisotopic (exact) mass is 450 g/mol. The van der Waals surface area contributed by atoms with Crippen LogP contribution in [0.3, 0.4) is 0 Å². The minimum absolute atomic E-state index is 0.215. The molecule has 3 aromatic rings. The predicted octanol–water partition coefficient (Wildman–Crippen LogP) is 5.05. The van der Waals surface area contributed by atoms with E-state index < -0.39 is 0 Å². The molecule has 0 aliphatic carbocycles. The number of aromatic nitrogens is 1. The Morgan fingerprint density at radius 3 is 2.78 bits per heavy atom. The summed E-state index contributed by atoms with van der Waals surface area (Å²) >= 11 is 4.51. The molecule has 8 heteroatoms. The summed E-state index contributed by atoms with van der Waals surface area (Å²) in [7, 11) is 1.61. The fourth-order valence-corrected chi connectivity index (χ4v) is 3.56. The van der Waals surface area contributed by atoms with Crippen molar-refractivity contribution in [2.75, 3.05) is 19.0 Å². The summed E-state index contributed by atoms with van der Waals surface area (Å²) in [6.07, 6.45) is 0. The number of carbonyl (C=O) groups is 1. The first kappa shape index (κ1) is 19.3. The molecule has 1 heterocycles. The Kier molecular flexibility index (Phi) is 6.08. The molecule has 27 heavy (non-hydrogen) atoms. The van der Waals surface area contributed by atoms with Crippen molar-refractivity contribution >= 4 is 38.3 Å². The first-order valence-corrected chi connectivity index (χ1v) is 9.62. The molecule has 0 radical (unpaired) electrons. The number of carbonyl (C=O) groups excluding carboxylic acids is 1. The van der Waals surface area contributed by atoms with E-state index in [1.54, 1.807) is 7.11 Å². The van der Waals surface area contributed by atoms with E-state index in [1.165, 1.54) is 29.5 Å². The summed E-state index contributed by atoms with van der Waals surface area (Å²) in [6.45, 7) is 1.77. The maximum absolute atomic E-state index is 13.1. The molecule has 3 rings (SSSR count). The van der Waals surface area contributed by atoms with E-state index in [1.807, 2.05) is 30.5 Å². The molecule has 0 unspecified atom stereocenters. The summed E-state index contributed by atoms with van der Waals surface area (Å²) in [6, 6.07) is 9.82. The second-order valence-electron chi connectivity index (χ2n) is 5.65. The van der Waals surface area contributed by atoms with Crippen LogP contribution in [0.5, 0.6) is 11.5 Å². The van der Waals surface area contributed by atoms with Gasteiger partial charge in [-0.2, -0.15) is 0 Å². The third-order valence-electron chi connectivity index (χ3n) is 3.63. The molecule has 0 bridgehead atoms. The smallest absolute Gasteiger partial charge is 0.264 e. The van der Waals surface area contributed by atoms with Crippen LogP contribution >= 0.6 is 27.3 Å². The highest BCUT2D eigenvalue weighted by molar-refractivity contribution is 9.10. The summed E-state index contributed by atoms with van der Waals surface area (Å²) < 4.78 is 24.3. The van der Waals surface area contributed by atoms with Gasteiger partial charge in [-0.05, 0) is 53.2 Å². The van der Waals surface area contributed by atoms with Crippen LogP contribution in [-0.2, 0) is 4.79 Å². The lowest BCUT2D eigenvalue weighted by Gasteiger charge is -2.08. The van der Waals surface area contributed by atoms with Crippen LogP contribution in [-0.4, -0.2) is 24.6 Å². The van der Waals surface area contributed by atoms with Crippen LogP contribution < -0.4 is 14.8 Å². The summed E-state index contributed by atoms with van der Waals surface area (Å²) in [5.74, 6) is 0.355. The molecule has 0 aliphatic rings. The van der Waals surface area contributed by atoms with Gasteiger partial charge in [-0.15, -0.1) is 11.3 Å². The van der Waals surface area contributed by atoms with Crippen molar-refractivity contribution < 1.29 is 18.7 Å². The van der Waals surface area contributed by atoms with Crippen LogP contribution in [0, 0.1) is 12.7 Å². The average Bonchev–Trinajstić information content (AvgIpc) is 3.09. The van der Waals surface area contributed by atoms with E-state index in [0.29, 0.717) is 21.1 Å². The first-order valence-electron chi connectivity index (χ1n) is 7.94. The minimum Gasteiger partial charge on any atom is -0.496 e. The minimum atomic E-state index is -0.388. The molecule has 1 amide bonds. The Morgan fingerprint density at radius 1 is 1.26 bits per heavy atom. The number of thiazole rings is 1. The second kappa shape index (κ2) is 8.49. The van der Waals surface area contributed by atoms with Gasteiger partial charge in [0.05, 0.1) is 17.3 Å². The van der Waals surface area contributed by atoms with Crippen molar-refractivity contribution in [1.29, 1.82) is 0 Å². The molecular weight excluding hydrogens is 435 g/mol. The third kappa shape index (κ3) is 4.84. The van der Waals surface area contributed by atoms with E-state index >= 15 is 0 Å². The Hall–Kier alpha value is -2.45. The molecule has 0 spiro atoms. The molecule has 0 saturated carbocycles. The van der Waals surface area contributed by atoms with Gasteiger partial charge in [0, 0.05) is 10.9 Å². The molecule has 140 valence electrons. The molecular formula is C19H16BrFN2O3S. The third-order valence-corrected chi connectivity index (χ3v) is 5.01. The standard InChI is InChI=1S/C19H16BrFN2O3S/c1-11-3-5-16(25-2)13(7-11)15-10-27-19(22-15)23-18(24)9-26-17-6-4-12(21)8-14(17)20/h3-8,10H,9H2,1-2H3,(H,22,23,24). The Labute approximate surface area is 168 Å². The molecule has 5 nitrogen and oxygen atoms in total. The van der Waals surface area contributed by atoms with E-state index in [0.717, 1.165) is 16.8 Å². The van der Waals surface area contributed by atoms with Crippen molar-refractivity contribution in [2.45, 2.75) is 6.92 Å². The number of halogens is 2. The van der Waals surface area contributed by atoms with Gasteiger partial charge in [-0.25, -0.2) is 9.37 Å². The number of nitrogens with one attached hydrogen (secondary N) is 1. The highest BCUT2D eigenvalue weighted by Gasteiger charge is 2.13. The topological polar surface area (TPSA) is 60.5 Å². The summed E-state index contributed by atoms with van der Waals surface area (Å²) in [4.78, 5) is 16.6. The Bertz CT molecular complexity index is 977. The predicted molar refractivity (Wildman–Crippen MR) is 107 cm³/mol. The lowest BCUT2D eigenvalue weighted by molar-refractivity contribution is -0.118. The van der Waals surface area contributed by atoms with Gasteiger partial charge >= 0.3 is 0 Å². The zero-order chi connectivity index (χ0) is 19.4. The number of rotatable bonds is 6. The highest BCUT2D eigenvalue weighted by atomic mass is 79.9. The van der Waals surface area contributed by atoms with Gasteiger partial charge in [0.1, 0.15) is 17.3 Å². The number of ether oxygens (including phenoxy) is 2. The number of benzene rings is 2. The van der Waals surface area contributed by atoms with E-state index in [-0.39, 0.29) is 18.3 Å². The summed E-state index contributed by atoms with van der Waals surface area (Å²) in [5, 5.41) is 5.01. The summed E-state index contributed by atoms with van der Waals surface area (Å²) in [5.41, 5.74) is 2.67.